The second-order valence-electron chi connectivity index (χ2n) is 5.10. The van der Waals surface area contributed by atoms with Gasteiger partial charge in [0.15, 0.2) is 0 Å². The highest BCUT2D eigenvalue weighted by molar-refractivity contribution is 6.31. The lowest BCUT2D eigenvalue weighted by atomic mass is 9.88. The van der Waals surface area contributed by atoms with Crippen molar-refractivity contribution >= 4 is 28.9 Å². The molecule has 0 aromatic heterocycles. The van der Waals surface area contributed by atoms with E-state index in [1.807, 2.05) is 18.2 Å². The Hall–Kier alpha value is -0.400. The van der Waals surface area contributed by atoms with E-state index in [-0.39, 0.29) is 0 Å². The molecule has 1 aromatic carbocycles. The minimum Gasteiger partial charge on any atom is -0.371 e. The van der Waals surface area contributed by atoms with Crippen LogP contribution >= 0.6 is 23.2 Å². The largest absolute Gasteiger partial charge is 0.371 e. The van der Waals surface area contributed by atoms with E-state index in [0.717, 1.165) is 29.9 Å². The number of alkyl halides is 1. The topological polar surface area (TPSA) is 3.24 Å². The van der Waals surface area contributed by atoms with Gasteiger partial charge in [-0.25, -0.2) is 0 Å². The number of halogens is 2. The third-order valence-corrected chi connectivity index (χ3v) is 4.39. The van der Waals surface area contributed by atoms with E-state index < -0.39 is 0 Å². The van der Waals surface area contributed by atoms with Gasteiger partial charge in [0.1, 0.15) is 0 Å². The second kappa shape index (κ2) is 5.49. The first-order valence-electron chi connectivity index (χ1n) is 6.21. The van der Waals surface area contributed by atoms with Crippen LogP contribution in [0.2, 0.25) is 5.02 Å². The standard InChI is InChI=1S/C14H19Cl2N/c1-10-5-6-17(9-11(10)2)14-7-13(16)4-3-12(14)8-15/h3-4,7,10-11H,5-6,8-9H2,1-2H3. The summed E-state index contributed by atoms with van der Waals surface area (Å²) in [6.07, 6.45) is 1.25. The van der Waals surface area contributed by atoms with Gasteiger partial charge < -0.3 is 4.90 Å². The van der Waals surface area contributed by atoms with Crippen molar-refractivity contribution in [2.45, 2.75) is 26.1 Å². The summed E-state index contributed by atoms with van der Waals surface area (Å²) in [4.78, 5) is 2.42. The van der Waals surface area contributed by atoms with Crippen molar-refractivity contribution in [1.29, 1.82) is 0 Å². The van der Waals surface area contributed by atoms with E-state index in [1.165, 1.54) is 17.7 Å². The zero-order valence-corrected chi connectivity index (χ0v) is 11.9. The quantitative estimate of drug-likeness (QED) is 0.713. The van der Waals surface area contributed by atoms with Crippen LogP contribution in [-0.4, -0.2) is 13.1 Å². The van der Waals surface area contributed by atoms with Crippen molar-refractivity contribution < 1.29 is 0 Å². The lowest BCUT2D eigenvalue weighted by molar-refractivity contribution is 0.323. The molecule has 0 N–H and O–H groups in total. The van der Waals surface area contributed by atoms with E-state index >= 15 is 0 Å². The Morgan fingerprint density at radius 2 is 2.06 bits per heavy atom. The van der Waals surface area contributed by atoms with Crippen molar-refractivity contribution in [2.24, 2.45) is 11.8 Å². The van der Waals surface area contributed by atoms with Crippen LogP contribution in [0.1, 0.15) is 25.8 Å². The van der Waals surface area contributed by atoms with Gasteiger partial charge >= 0.3 is 0 Å². The number of hydrogen-bond donors (Lipinski definition) is 0. The van der Waals surface area contributed by atoms with Gasteiger partial charge in [0.2, 0.25) is 0 Å². The van der Waals surface area contributed by atoms with Gasteiger partial charge in [0, 0.05) is 29.7 Å². The Morgan fingerprint density at radius 1 is 1.29 bits per heavy atom. The number of anilines is 1. The van der Waals surface area contributed by atoms with Gasteiger partial charge in [0.05, 0.1) is 0 Å². The molecule has 17 heavy (non-hydrogen) atoms. The van der Waals surface area contributed by atoms with Crippen molar-refractivity contribution in [3.8, 4) is 0 Å². The lowest BCUT2D eigenvalue weighted by Crippen LogP contribution is -2.38. The number of rotatable bonds is 2. The summed E-state index contributed by atoms with van der Waals surface area (Å²) in [5, 5.41) is 0.792. The maximum absolute atomic E-state index is 6.09. The Balaban J connectivity index is 2.24. The van der Waals surface area contributed by atoms with Crippen molar-refractivity contribution in [3.05, 3.63) is 28.8 Å². The Kier molecular flexibility index (Phi) is 4.22. The summed E-state index contributed by atoms with van der Waals surface area (Å²) in [6, 6.07) is 5.99. The van der Waals surface area contributed by atoms with E-state index in [4.69, 9.17) is 23.2 Å². The molecule has 1 saturated heterocycles. The third-order valence-electron chi connectivity index (χ3n) is 3.87. The summed E-state index contributed by atoms with van der Waals surface area (Å²) in [7, 11) is 0. The molecule has 1 aromatic rings. The first kappa shape index (κ1) is 13.0. The normalized spacial score (nSPS) is 25.1. The summed E-state index contributed by atoms with van der Waals surface area (Å²) in [6.45, 7) is 6.87. The van der Waals surface area contributed by atoms with Crippen LogP contribution < -0.4 is 4.90 Å². The summed E-state index contributed by atoms with van der Waals surface area (Å²) >= 11 is 12.1. The molecule has 2 rings (SSSR count). The van der Waals surface area contributed by atoms with Crippen molar-refractivity contribution in [3.63, 3.8) is 0 Å². The summed E-state index contributed by atoms with van der Waals surface area (Å²) in [5.41, 5.74) is 2.39. The maximum atomic E-state index is 6.09. The minimum absolute atomic E-state index is 0.549. The molecule has 0 aliphatic carbocycles. The maximum Gasteiger partial charge on any atom is 0.0494 e. The number of piperidine rings is 1. The van der Waals surface area contributed by atoms with Crippen LogP contribution in [0, 0.1) is 11.8 Å². The highest BCUT2D eigenvalue weighted by Crippen LogP contribution is 2.31. The fraction of sp³-hybridized carbons (Fsp3) is 0.571. The van der Waals surface area contributed by atoms with Crippen LogP contribution in [0.25, 0.3) is 0 Å². The van der Waals surface area contributed by atoms with Gasteiger partial charge in [-0.1, -0.05) is 31.5 Å². The van der Waals surface area contributed by atoms with Gasteiger partial charge in [0.25, 0.3) is 0 Å². The molecule has 1 aliphatic rings. The molecule has 1 heterocycles. The first-order chi connectivity index (χ1) is 8.11. The molecule has 0 bridgehead atoms. The molecule has 0 amide bonds. The third kappa shape index (κ3) is 2.89. The summed E-state index contributed by atoms with van der Waals surface area (Å²) < 4.78 is 0. The number of hydrogen-bond acceptors (Lipinski definition) is 1. The Labute approximate surface area is 114 Å². The highest BCUT2D eigenvalue weighted by atomic mass is 35.5. The van der Waals surface area contributed by atoms with E-state index in [9.17, 15) is 0 Å². The molecule has 2 atom stereocenters. The van der Waals surface area contributed by atoms with Crippen LogP contribution in [0.3, 0.4) is 0 Å². The molecular weight excluding hydrogens is 253 g/mol. The molecule has 1 nitrogen and oxygen atoms in total. The molecule has 94 valence electrons. The number of benzene rings is 1. The average Bonchev–Trinajstić information content (AvgIpc) is 2.32. The molecular formula is C14H19Cl2N. The smallest absolute Gasteiger partial charge is 0.0494 e. The molecule has 0 saturated carbocycles. The van der Waals surface area contributed by atoms with Crippen molar-refractivity contribution in [1.82, 2.24) is 0 Å². The molecule has 3 heteroatoms. The van der Waals surface area contributed by atoms with Crippen LogP contribution in [0.4, 0.5) is 5.69 Å². The van der Waals surface area contributed by atoms with E-state index in [0.29, 0.717) is 5.88 Å². The monoisotopic (exact) mass is 271 g/mol. The predicted octanol–water partition coefficient (Wildman–Crippen LogP) is 4.56. The number of nitrogens with zero attached hydrogens (tertiary/aromatic N) is 1. The first-order valence-corrected chi connectivity index (χ1v) is 7.12. The fourth-order valence-corrected chi connectivity index (χ4v) is 2.82. The van der Waals surface area contributed by atoms with Gasteiger partial charge in [-0.15, -0.1) is 11.6 Å². The van der Waals surface area contributed by atoms with Crippen LogP contribution in [0.15, 0.2) is 18.2 Å². The fourth-order valence-electron chi connectivity index (χ4n) is 2.43. The second-order valence-corrected chi connectivity index (χ2v) is 5.80. The molecule has 1 fully saturated rings. The van der Waals surface area contributed by atoms with Gasteiger partial charge in [-0.2, -0.15) is 0 Å². The predicted molar refractivity (Wildman–Crippen MR) is 76.2 cm³/mol. The van der Waals surface area contributed by atoms with Crippen molar-refractivity contribution in [2.75, 3.05) is 18.0 Å². The lowest BCUT2D eigenvalue weighted by Gasteiger charge is -2.37. The highest BCUT2D eigenvalue weighted by Gasteiger charge is 2.24. The zero-order valence-electron chi connectivity index (χ0n) is 10.4. The Morgan fingerprint density at radius 3 is 2.71 bits per heavy atom. The average molecular weight is 272 g/mol. The van der Waals surface area contributed by atoms with Crippen LogP contribution in [0.5, 0.6) is 0 Å². The van der Waals surface area contributed by atoms with Gasteiger partial charge in [-0.3, -0.25) is 0 Å². The molecule has 1 aliphatic heterocycles. The Bertz CT molecular complexity index is 392. The van der Waals surface area contributed by atoms with E-state index in [2.05, 4.69) is 18.7 Å². The molecule has 0 radical (unpaired) electrons. The molecule has 0 spiro atoms. The zero-order chi connectivity index (χ0) is 12.4. The van der Waals surface area contributed by atoms with Crippen LogP contribution in [-0.2, 0) is 5.88 Å². The molecule has 2 unspecified atom stereocenters. The summed E-state index contributed by atoms with van der Waals surface area (Å²) in [5.74, 6) is 2.09. The minimum atomic E-state index is 0.549. The SMILES string of the molecule is CC1CCN(c2cc(Cl)ccc2CCl)CC1C. The van der Waals surface area contributed by atoms with Gasteiger partial charge in [-0.05, 0) is 36.0 Å². The van der Waals surface area contributed by atoms with E-state index in [1.54, 1.807) is 0 Å².